The third-order valence-electron chi connectivity index (χ3n) is 5.43. The summed E-state index contributed by atoms with van der Waals surface area (Å²) >= 11 is 3.12. The molecule has 0 aliphatic carbocycles. The lowest BCUT2D eigenvalue weighted by Crippen LogP contribution is -2.45. The number of carbonyl (C=O) groups excluding carboxylic acids is 2. The van der Waals surface area contributed by atoms with Gasteiger partial charge < -0.3 is 20.4 Å². The summed E-state index contributed by atoms with van der Waals surface area (Å²) in [7, 11) is 1.78. The SMILES string of the molecule is CCOC(=O)C1=C(CN2CC(F)(F)CC2C(N)=O)NC(c2nccn2C)=NC1.Fc1cccc(Br)c1. The van der Waals surface area contributed by atoms with E-state index in [4.69, 9.17) is 10.5 Å². The predicted molar refractivity (Wildman–Crippen MR) is 130 cm³/mol. The van der Waals surface area contributed by atoms with Crippen LogP contribution in [0.15, 0.2) is 57.4 Å². The number of nitrogens with two attached hydrogens (primary N) is 1. The lowest BCUT2D eigenvalue weighted by Gasteiger charge is -2.27. The number of aryl methyl sites for hydroxylation is 1. The van der Waals surface area contributed by atoms with Gasteiger partial charge in [0.25, 0.3) is 5.92 Å². The average molecular weight is 571 g/mol. The van der Waals surface area contributed by atoms with Crippen LogP contribution in [0, 0.1) is 5.82 Å². The minimum atomic E-state index is -3.03. The number of esters is 1. The van der Waals surface area contributed by atoms with E-state index in [-0.39, 0.29) is 31.1 Å². The molecule has 2 aliphatic heterocycles. The predicted octanol–water partition coefficient (Wildman–Crippen LogP) is 2.37. The van der Waals surface area contributed by atoms with Crippen LogP contribution in [0.3, 0.4) is 0 Å². The Morgan fingerprint density at radius 3 is 2.67 bits per heavy atom. The fraction of sp³-hybridized carbons (Fsp3) is 0.391. The van der Waals surface area contributed by atoms with Crippen molar-refractivity contribution in [2.45, 2.75) is 25.3 Å². The first kappa shape index (κ1) is 27.4. The highest BCUT2D eigenvalue weighted by Crippen LogP contribution is 2.32. The molecule has 1 aromatic heterocycles. The molecule has 1 atom stereocenters. The Balaban J connectivity index is 0.000000383. The number of rotatable bonds is 6. The first-order valence-corrected chi connectivity index (χ1v) is 11.8. The summed E-state index contributed by atoms with van der Waals surface area (Å²) in [6.45, 7) is 1.12. The Labute approximate surface area is 214 Å². The molecule has 13 heteroatoms. The molecule has 2 aliphatic rings. The summed E-state index contributed by atoms with van der Waals surface area (Å²) < 4.78 is 47.4. The van der Waals surface area contributed by atoms with Crippen molar-refractivity contribution >= 4 is 33.6 Å². The maximum atomic E-state index is 13.9. The summed E-state index contributed by atoms with van der Waals surface area (Å²) in [6, 6.07) is 5.14. The van der Waals surface area contributed by atoms with Crippen molar-refractivity contribution in [1.29, 1.82) is 0 Å². The average Bonchev–Trinajstić information content (AvgIpc) is 3.36. The van der Waals surface area contributed by atoms with Crippen molar-refractivity contribution in [2.24, 2.45) is 17.8 Å². The Morgan fingerprint density at radius 1 is 1.36 bits per heavy atom. The van der Waals surface area contributed by atoms with Crippen LogP contribution >= 0.6 is 15.9 Å². The molecule has 1 saturated heterocycles. The van der Waals surface area contributed by atoms with Gasteiger partial charge in [-0.1, -0.05) is 22.0 Å². The number of imidazole rings is 1. The molecule has 3 heterocycles. The Kier molecular flexibility index (Phi) is 8.90. The molecule has 0 spiro atoms. The van der Waals surface area contributed by atoms with Crippen molar-refractivity contribution in [3.8, 4) is 0 Å². The molecule has 1 unspecified atom stereocenters. The van der Waals surface area contributed by atoms with Crippen LogP contribution in [0.4, 0.5) is 13.2 Å². The highest BCUT2D eigenvalue weighted by Gasteiger charge is 2.47. The molecule has 1 amide bonds. The van der Waals surface area contributed by atoms with E-state index < -0.39 is 36.8 Å². The van der Waals surface area contributed by atoms with E-state index in [0.29, 0.717) is 17.4 Å². The molecular formula is C23H26BrF3N6O3. The van der Waals surface area contributed by atoms with Gasteiger partial charge in [-0.3, -0.25) is 14.7 Å². The number of ether oxygens (including phenoxy) is 1. The smallest absolute Gasteiger partial charge is 0.337 e. The molecule has 1 fully saturated rings. The number of halogens is 4. The minimum absolute atomic E-state index is 0.00876. The standard InChI is InChI=1S/C17H22F2N6O3.C6H4BrF/c1-3-28-16(27)10-7-22-14(15-21-4-5-24(15)2)23-11(10)8-25-9-17(18,19)6-12(25)13(20)26;7-5-2-1-3-6(8)4-5/h4-5,12H,3,6-9H2,1-2H3,(H2,20,26)(H,22,23);1-4H. The van der Waals surface area contributed by atoms with Crippen LogP contribution in [0.2, 0.25) is 0 Å². The van der Waals surface area contributed by atoms with Crippen molar-refractivity contribution in [3.05, 3.63) is 64.0 Å². The van der Waals surface area contributed by atoms with Crippen molar-refractivity contribution in [1.82, 2.24) is 19.8 Å². The van der Waals surface area contributed by atoms with Gasteiger partial charge in [-0.25, -0.2) is 22.9 Å². The van der Waals surface area contributed by atoms with Gasteiger partial charge in [0, 0.05) is 42.6 Å². The highest BCUT2D eigenvalue weighted by molar-refractivity contribution is 9.10. The van der Waals surface area contributed by atoms with Gasteiger partial charge in [-0.05, 0) is 25.1 Å². The first-order valence-electron chi connectivity index (χ1n) is 11.0. The molecule has 194 valence electrons. The summed E-state index contributed by atoms with van der Waals surface area (Å²) in [6.07, 6.45) is 2.67. The number of aromatic nitrogens is 2. The number of benzene rings is 1. The van der Waals surface area contributed by atoms with E-state index >= 15 is 0 Å². The van der Waals surface area contributed by atoms with Crippen LogP contribution in [0.25, 0.3) is 0 Å². The van der Waals surface area contributed by atoms with E-state index in [1.54, 1.807) is 43.1 Å². The largest absolute Gasteiger partial charge is 0.463 e. The van der Waals surface area contributed by atoms with Crippen molar-refractivity contribution in [3.63, 3.8) is 0 Å². The fourth-order valence-electron chi connectivity index (χ4n) is 3.77. The molecule has 4 rings (SSSR count). The van der Waals surface area contributed by atoms with Crippen LogP contribution < -0.4 is 11.1 Å². The van der Waals surface area contributed by atoms with E-state index in [9.17, 15) is 22.8 Å². The van der Waals surface area contributed by atoms with E-state index in [2.05, 4.69) is 31.2 Å². The van der Waals surface area contributed by atoms with Crippen LogP contribution in [0.5, 0.6) is 0 Å². The highest BCUT2D eigenvalue weighted by atomic mass is 79.9. The van der Waals surface area contributed by atoms with Crippen LogP contribution in [0.1, 0.15) is 19.2 Å². The Hall–Kier alpha value is -3.19. The van der Waals surface area contributed by atoms with E-state index in [0.717, 1.165) is 4.47 Å². The van der Waals surface area contributed by atoms with Gasteiger partial charge in [0.05, 0.1) is 31.3 Å². The maximum Gasteiger partial charge on any atom is 0.337 e. The van der Waals surface area contributed by atoms with Gasteiger partial charge in [0.15, 0.2) is 11.7 Å². The van der Waals surface area contributed by atoms with Gasteiger partial charge in [-0.2, -0.15) is 0 Å². The third-order valence-corrected chi connectivity index (χ3v) is 5.92. The van der Waals surface area contributed by atoms with Gasteiger partial charge in [0.2, 0.25) is 5.91 Å². The number of likely N-dealkylation sites (tertiary alicyclic amines) is 1. The number of hydrogen-bond donors (Lipinski definition) is 2. The fourth-order valence-corrected chi connectivity index (χ4v) is 4.14. The second-order valence-electron chi connectivity index (χ2n) is 8.15. The lowest BCUT2D eigenvalue weighted by molar-refractivity contribution is -0.138. The molecule has 0 bridgehead atoms. The van der Waals surface area contributed by atoms with Crippen molar-refractivity contribution in [2.75, 3.05) is 26.2 Å². The van der Waals surface area contributed by atoms with Gasteiger partial charge in [0.1, 0.15) is 5.82 Å². The molecule has 1 aromatic carbocycles. The molecule has 2 aromatic rings. The number of nitrogens with zero attached hydrogens (tertiary/aromatic N) is 4. The number of nitrogens with one attached hydrogen (secondary N) is 1. The van der Waals surface area contributed by atoms with Crippen LogP contribution in [-0.2, 0) is 21.4 Å². The van der Waals surface area contributed by atoms with Gasteiger partial charge >= 0.3 is 5.97 Å². The van der Waals surface area contributed by atoms with E-state index in [1.165, 1.54) is 17.0 Å². The van der Waals surface area contributed by atoms with E-state index in [1.807, 2.05) is 0 Å². The Bertz CT molecular complexity index is 1170. The quantitative estimate of drug-likeness (QED) is 0.515. The van der Waals surface area contributed by atoms with Crippen LogP contribution in [-0.4, -0.2) is 70.4 Å². The molecule has 3 N–H and O–H groups in total. The number of hydrogen-bond acceptors (Lipinski definition) is 7. The molecule has 36 heavy (non-hydrogen) atoms. The zero-order chi connectivity index (χ0) is 26.5. The molecule has 0 radical (unpaired) electrons. The number of alkyl halides is 2. The number of amidine groups is 1. The van der Waals surface area contributed by atoms with Crippen molar-refractivity contribution < 1.29 is 27.5 Å². The Morgan fingerprint density at radius 2 is 2.11 bits per heavy atom. The molecule has 9 nitrogen and oxygen atoms in total. The first-order chi connectivity index (χ1) is 17.0. The summed E-state index contributed by atoms with van der Waals surface area (Å²) in [5.41, 5.74) is 5.87. The molecule has 0 saturated carbocycles. The molecular weight excluding hydrogens is 545 g/mol. The lowest BCUT2D eigenvalue weighted by atomic mass is 10.1. The number of primary amides is 1. The second kappa shape index (κ2) is 11.7. The third kappa shape index (κ3) is 6.94. The normalized spacial score (nSPS) is 19.2. The number of aliphatic imine (C=N–C) groups is 1. The maximum absolute atomic E-state index is 13.9. The number of carbonyl (C=O) groups is 2. The summed E-state index contributed by atoms with van der Waals surface area (Å²) in [5.74, 6) is -3.73. The minimum Gasteiger partial charge on any atom is -0.463 e. The summed E-state index contributed by atoms with van der Waals surface area (Å²) in [4.78, 5) is 33.8. The number of amides is 1. The second-order valence-corrected chi connectivity index (χ2v) is 9.07. The zero-order valence-corrected chi connectivity index (χ0v) is 21.3. The zero-order valence-electron chi connectivity index (χ0n) is 19.7. The topological polar surface area (TPSA) is 115 Å². The summed E-state index contributed by atoms with van der Waals surface area (Å²) in [5, 5.41) is 3.01. The monoisotopic (exact) mass is 570 g/mol. The van der Waals surface area contributed by atoms with Gasteiger partial charge in [-0.15, -0.1) is 0 Å².